The Morgan fingerprint density at radius 2 is 2.00 bits per heavy atom. The van der Waals surface area contributed by atoms with E-state index in [0.29, 0.717) is 26.2 Å². The van der Waals surface area contributed by atoms with Crippen molar-refractivity contribution in [3.8, 4) is 5.75 Å². The number of halogens is 3. The smallest absolute Gasteiger partial charge is 0.260 e. The molecule has 0 aromatic heterocycles. The summed E-state index contributed by atoms with van der Waals surface area (Å²) in [7, 11) is 0. The Balaban J connectivity index is 0.00000288. The number of rotatable bonds is 7. The summed E-state index contributed by atoms with van der Waals surface area (Å²) in [4.78, 5) is 13.7. The topological polar surface area (TPSA) is 64.8 Å². The molecule has 1 saturated heterocycles. The van der Waals surface area contributed by atoms with Crippen LogP contribution < -0.4 is 10.5 Å². The van der Waals surface area contributed by atoms with E-state index in [4.69, 9.17) is 15.2 Å². The minimum atomic E-state index is -0.815. The van der Waals surface area contributed by atoms with Crippen LogP contribution in [0, 0.1) is 11.6 Å². The van der Waals surface area contributed by atoms with Gasteiger partial charge in [-0.3, -0.25) is 4.79 Å². The number of nitrogens with zero attached hydrogens (tertiary/aromatic N) is 1. The molecule has 1 aromatic carbocycles. The van der Waals surface area contributed by atoms with E-state index in [1.807, 2.05) is 0 Å². The number of ether oxygens (including phenoxy) is 2. The van der Waals surface area contributed by atoms with Gasteiger partial charge >= 0.3 is 0 Å². The van der Waals surface area contributed by atoms with Gasteiger partial charge in [-0.25, -0.2) is 8.78 Å². The first-order chi connectivity index (χ1) is 11.1. The molecule has 0 unspecified atom stereocenters. The van der Waals surface area contributed by atoms with Crippen LogP contribution in [-0.4, -0.2) is 49.8 Å². The van der Waals surface area contributed by atoms with Gasteiger partial charge in [0.2, 0.25) is 0 Å². The molecule has 1 aliphatic heterocycles. The molecule has 1 aliphatic rings. The molecule has 1 aromatic rings. The predicted molar refractivity (Wildman–Crippen MR) is 88.3 cm³/mol. The van der Waals surface area contributed by atoms with E-state index in [1.165, 1.54) is 6.07 Å². The van der Waals surface area contributed by atoms with E-state index in [9.17, 15) is 13.6 Å². The van der Waals surface area contributed by atoms with Crippen LogP contribution in [0.2, 0.25) is 0 Å². The first kappa shape index (κ1) is 20.6. The summed E-state index contributed by atoms with van der Waals surface area (Å²) >= 11 is 0. The van der Waals surface area contributed by atoms with Crippen molar-refractivity contribution in [3.63, 3.8) is 0 Å². The Morgan fingerprint density at radius 1 is 1.29 bits per heavy atom. The van der Waals surface area contributed by atoms with Crippen molar-refractivity contribution in [2.24, 2.45) is 5.73 Å². The molecule has 1 fully saturated rings. The second kappa shape index (κ2) is 10.4. The van der Waals surface area contributed by atoms with Gasteiger partial charge in [0.15, 0.2) is 18.2 Å². The second-order valence-electron chi connectivity index (χ2n) is 5.46. The van der Waals surface area contributed by atoms with Gasteiger partial charge in [0, 0.05) is 25.8 Å². The fourth-order valence-electron chi connectivity index (χ4n) is 2.43. The standard InChI is InChI=1S/C16H22F2N2O3.ClH/c17-12-2-3-15(14(18)10-12)23-11-16(21)20-7-4-13(5-8-20)22-9-1-6-19;/h2-3,10,13H,1,4-9,11,19H2;1H. The monoisotopic (exact) mass is 364 g/mol. The summed E-state index contributed by atoms with van der Waals surface area (Å²) in [5, 5.41) is 0. The largest absolute Gasteiger partial charge is 0.481 e. The van der Waals surface area contributed by atoms with Crippen LogP contribution in [-0.2, 0) is 9.53 Å². The van der Waals surface area contributed by atoms with Crippen LogP contribution in [0.1, 0.15) is 19.3 Å². The average molecular weight is 365 g/mol. The van der Waals surface area contributed by atoms with Crippen molar-refractivity contribution in [1.82, 2.24) is 4.90 Å². The molecular weight excluding hydrogens is 342 g/mol. The van der Waals surface area contributed by atoms with E-state index in [0.717, 1.165) is 31.4 Å². The highest BCUT2D eigenvalue weighted by atomic mass is 35.5. The van der Waals surface area contributed by atoms with Crippen LogP contribution >= 0.6 is 12.4 Å². The lowest BCUT2D eigenvalue weighted by atomic mass is 10.1. The number of carbonyl (C=O) groups is 1. The van der Waals surface area contributed by atoms with Crippen molar-refractivity contribution in [3.05, 3.63) is 29.8 Å². The van der Waals surface area contributed by atoms with Gasteiger partial charge in [-0.2, -0.15) is 0 Å². The van der Waals surface area contributed by atoms with Gasteiger partial charge < -0.3 is 20.1 Å². The highest BCUT2D eigenvalue weighted by Crippen LogP contribution is 2.18. The number of hydrogen-bond acceptors (Lipinski definition) is 4. The van der Waals surface area contributed by atoms with Crippen LogP contribution in [0.15, 0.2) is 18.2 Å². The van der Waals surface area contributed by atoms with Crippen LogP contribution in [0.5, 0.6) is 5.75 Å². The summed E-state index contributed by atoms with van der Waals surface area (Å²) in [5.74, 6) is -1.84. The highest BCUT2D eigenvalue weighted by molar-refractivity contribution is 5.85. The van der Waals surface area contributed by atoms with Gasteiger partial charge in [-0.05, 0) is 37.9 Å². The molecule has 0 atom stereocenters. The first-order valence-electron chi connectivity index (χ1n) is 7.77. The van der Waals surface area contributed by atoms with E-state index in [2.05, 4.69) is 0 Å². The number of hydrogen-bond donors (Lipinski definition) is 1. The molecule has 24 heavy (non-hydrogen) atoms. The van der Waals surface area contributed by atoms with E-state index >= 15 is 0 Å². The third-order valence-electron chi connectivity index (χ3n) is 3.74. The van der Waals surface area contributed by atoms with Crippen molar-refractivity contribution >= 4 is 18.3 Å². The molecule has 0 aliphatic carbocycles. The lowest BCUT2D eigenvalue weighted by molar-refractivity contribution is -0.136. The van der Waals surface area contributed by atoms with Crippen LogP contribution in [0.3, 0.4) is 0 Å². The maximum atomic E-state index is 13.4. The Hall–Kier alpha value is -1.44. The molecule has 1 heterocycles. The minimum absolute atomic E-state index is 0. The zero-order valence-corrected chi connectivity index (χ0v) is 14.2. The van der Waals surface area contributed by atoms with Crippen LogP contribution in [0.25, 0.3) is 0 Å². The van der Waals surface area contributed by atoms with Crippen LogP contribution in [0.4, 0.5) is 8.78 Å². The molecule has 2 rings (SSSR count). The van der Waals surface area contributed by atoms with Crippen molar-refractivity contribution < 1.29 is 23.0 Å². The van der Waals surface area contributed by atoms with E-state index in [-0.39, 0.29) is 36.8 Å². The summed E-state index contributed by atoms with van der Waals surface area (Å²) in [6.07, 6.45) is 2.51. The Labute approximate surface area is 146 Å². The molecule has 1 amide bonds. The first-order valence-corrected chi connectivity index (χ1v) is 7.77. The van der Waals surface area contributed by atoms with Gasteiger partial charge in [-0.1, -0.05) is 0 Å². The summed E-state index contributed by atoms with van der Waals surface area (Å²) < 4.78 is 37.0. The molecule has 8 heteroatoms. The highest BCUT2D eigenvalue weighted by Gasteiger charge is 2.23. The number of amides is 1. The summed E-state index contributed by atoms with van der Waals surface area (Å²) in [6, 6.07) is 2.99. The normalized spacial score (nSPS) is 15.0. The lowest BCUT2D eigenvalue weighted by Crippen LogP contribution is -2.43. The number of carbonyl (C=O) groups excluding carboxylic acids is 1. The quantitative estimate of drug-likeness (QED) is 0.753. The molecule has 0 bridgehead atoms. The number of benzene rings is 1. The zero-order chi connectivity index (χ0) is 16.7. The summed E-state index contributed by atoms with van der Waals surface area (Å²) in [6.45, 7) is 2.15. The maximum absolute atomic E-state index is 13.4. The molecule has 0 spiro atoms. The van der Waals surface area contributed by atoms with Crippen molar-refractivity contribution in [2.45, 2.75) is 25.4 Å². The minimum Gasteiger partial charge on any atom is -0.481 e. The molecule has 136 valence electrons. The molecule has 0 radical (unpaired) electrons. The summed E-state index contributed by atoms with van der Waals surface area (Å²) in [5.41, 5.74) is 5.41. The second-order valence-corrected chi connectivity index (χ2v) is 5.46. The maximum Gasteiger partial charge on any atom is 0.260 e. The SMILES string of the molecule is Cl.NCCCOC1CCN(C(=O)COc2ccc(F)cc2F)CC1. The van der Waals surface area contributed by atoms with Gasteiger partial charge in [0.05, 0.1) is 6.10 Å². The van der Waals surface area contributed by atoms with Gasteiger partial charge in [-0.15, -0.1) is 12.4 Å². The Morgan fingerprint density at radius 3 is 2.62 bits per heavy atom. The zero-order valence-electron chi connectivity index (χ0n) is 13.4. The van der Waals surface area contributed by atoms with Crippen molar-refractivity contribution in [1.29, 1.82) is 0 Å². The third-order valence-corrected chi connectivity index (χ3v) is 3.74. The molecular formula is C16H23ClF2N2O3. The Bertz CT molecular complexity index is 526. The lowest BCUT2D eigenvalue weighted by Gasteiger charge is -2.31. The fraction of sp³-hybridized carbons (Fsp3) is 0.562. The fourth-order valence-corrected chi connectivity index (χ4v) is 2.43. The number of piperidine rings is 1. The predicted octanol–water partition coefficient (Wildman–Crippen LogP) is 2.12. The average Bonchev–Trinajstić information content (AvgIpc) is 2.55. The van der Waals surface area contributed by atoms with Crippen molar-refractivity contribution in [2.75, 3.05) is 32.8 Å². The molecule has 0 saturated carbocycles. The van der Waals surface area contributed by atoms with Gasteiger partial charge in [0.1, 0.15) is 5.82 Å². The van der Waals surface area contributed by atoms with E-state index < -0.39 is 11.6 Å². The molecule has 5 nitrogen and oxygen atoms in total. The van der Waals surface area contributed by atoms with E-state index in [1.54, 1.807) is 4.90 Å². The third kappa shape index (κ3) is 6.22. The molecule has 2 N–H and O–H groups in total. The number of nitrogens with two attached hydrogens (primary N) is 1. The Kier molecular flexibility index (Phi) is 8.95. The van der Waals surface area contributed by atoms with Gasteiger partial charge in [0.25, 0.3) is 5.91 Å². The number of likely N-dealkylation sites (tertiary alicyclic amines) is 1.